The van der Waals surface area contributed by atoms with Crippen molar-refractivity contribution in [2.75, 3.05) is 7.05 Å². The van der Waals surface area contributed by atoms with Crippen molar-refractivity contribution >= 4 is 0 Å². The Morgan fingerprint density at radius 3 is 2.57 bits per heavy atom. The molecule has 0 atom stereocenters. The zero-order valence-corrected chi connectivity index (χ0v) is 13.5. The summed E-state index contributed by atoms with van der Waals surface area (Å²) >= 11 is 0. The predicted octanol–water partition coefficient (Wildman–Crippen LogP) is 4.20. The van der Waals surface area contributed by atoms with Gasteiger partial charge in [0.25, 0.3) is 0 Å². The minimum Gasteiger partial charge on any atom is -0.439 e. The molecule has 1 aromatic heterocycles. The van der Waals surface area contributed by atoms with Crippen LogP contribution in [0.15, 0.2) is 36.5 Å². The van der Waals surface area contributed by atoms with Crippen LogP contribution in [0.3, 0.4) is 0 Å². The van der Waals surface area contributed by atoms with E-state index in [2.05, 4.69) is 56.2 Å². The molecule has 0 aliphatic rings. The summed E-state index contributed by atoms with van der Waals surface area (Å²) in [6, 6.07) is 10.3. The quantitative estimate of drug-likeness (QED) is 0.913. The highest BCUT2D eigenvalue weighted by atomic mass is 16.5. The van der Waals surface area contributed by atoms with E-state index < -0.39 is 0 Å². The number of aromatic nitrogens is 1. The Morgan fingerprint density at radius 2 is 1.90 bits per heavy atom. The van der Waals surface area contributed by atoms with Crippen molar-refractivity contribution in [2.24, 2.45) is 0 Å². The highest BCUT2D eigenvalue weighted by Gasteiger charge is 2.19. The minimum absolute atomic E-state index is 0.0334. The molecule has 0 spiro atoms. The van der Waals surface area contributed by atoms with E-state index in [4.69, 9.17) is 4.74 Å². The molecule has 2 rings (SSSR count). The summed E-state index contributed by atoms with van der Waals surface area (Å²) in [7, 11) is 1.93. The van der Waals surface area contributed by atoms with Gasteiger partial charge < -0.3 is 10.1 Å². The fraction of sp³-hybridized carbons (Fsp3) is 0.389. The van der Waals surface area contributed by atoms with Gasteiger partial charge in [-0.25, -0.2) is 4.98 Å². The van der Waals surface area contributed by atoms with Crippen LogP contribution in [-0.2, 0) is 12.0 Å². The summed E-state index contributed by atoms with van der Waals surface area (Å²) in [5, 5.41) is 3.14. The van der Waals surface area contributed by atoms with E-state index in [0.717, 1.165) is 17.9 Å². The first-order chi connectivity index (χ1) is 9.90. The topological polar surface area (TPSA) is 34.2 Å². The number of hydrogen-bond acceptors (Lipinski definition) is 3. The van der Waals surface area contributed by atoms with Crippen LogP contribution in [0.4, 0.5) is 0 Å². The van der Waals surface area contributed by atoms with E-state index in [1.54, 1.807) is 6.20 Å². The second kappa shape index (κ2) is 6.27. The first kappa shape index (κ1) is 15.5. The minimum atomic E-state index is 0.0334. The Hall–Kier alpha value is -1.87. The zero-order valence-electron chi connectivity index (χ0n) is 13.5. The van der Waals surface area contributed by atoms with Gasteiger partial charge in [0.1, 0.15) is 5.75 Å². The summed E-state index contributed by atoms with van der Waals surface area (Å²) in [6.07, 6.45) is 1.79. The van der Waals surface area contributed by atoms with Gasteiger partial charge in [-0.15, -0.1) is 0 Å². The lowest BCUT2D eigenvalue weighted by Gasteiger charge is -2.23. The predicted molar refractivity (Wildman–Crippen MR) is 87.0 cm³/mol. The lowest BCUT2D eigenvalue weighted by Crippen LogP contribution is -2.13. The second-order valence-corrected chi connectivity index (χ2v) is 6.38. The number of benzene rings is 1. The molecule has 0 aliphatic carbocycles. The molecule has 0 radical (unpaired) electrons. The van der Waals surface area contributed by atoms with Gasteiger partial charge in [0, 0.05) is 24.4 Å². The van der Waals surface area contributed by atoms with Crippen molar-refractivity contribution in [3.05, 3.63) is 53.2 Å². The van der Waals surface area contributed by atoms with E-state index in [1.807, 2.05) is 19.2 Å². The van der Waals surface area contributed by atoms with Crippen molar-refractivity contribution in [1.82, 2.24) is 10.3 Å². The maximum Gasteiger partial charge on any atom is 0.219 e. The molecule has 0 unspecified atom stereocenters. The summed E-state index contributed by atoms with van der Waals surface area (Å²) < 4.78 is 6.06. The maximum atomic E-state index is 6.06. The van der Waals surface area contributed by atoms with Crippen molar-refractivity contribution in [3.63, 3.8) is 0 Å². The molecule has 0 fully saturated rings. The summed E-state index contributed by atoms with van der Waals surface area (Å²) in [5.41, 5.74) is 3.57. The average Bonchev–Trinajstić information content (AvgIpc) is 2.38. The number of aryl methyl sites for hydroxylation is 1. The standard InChI is InChI=1S/C18H24N2O/c1-13-6-7-15(18(2,3)4)16(10-13)21-17-11-14(12-19-5)8-9-20-17/h6-11,19H,12H2,1-5H3. The van der Waals surface area contributed by atoms with E-state index in [9.17, 15) is 0 Å². The fourth-order valence-corrected chi connectivity index (χ4v) is 2.27. The van der Waals surface area contributed by atoms with Crippen LogP contribution in [0.1, 0.15) is 37.5 Å². The first-order valence-corrected chi connectivity index (χ1v) is 7.28. The van der Waals surface area contributed by atoms with Crippen LogP contribution in [0.5, 0.6) is 11.6 Å². The maximum absolute atomic E-state index is 6.06. The number of nitrogens with one attached hydrogen (secondary N) is 1. The molecular weight excluding hydrogens is 260 g/mol. The molecule has 0 saturated heterocycles. The van der Waals surface area contributed by atoms with Gasteiger partial charge in [0.15, 0.2) is 0 Å². The molecule has 1 N–H and O–H groups in total. The van der Waals surface area contributed by atoms with Crippen LogP contribution in [0.25, 0.3) is 0 Å². The first-order valence-electron chi connectivity index (χ1n) is 7.28. The largest absolute Gasteiger partial charge is 0.439 e. The molecule has 0 amide bonds. The monoisotopic (exact) mass is 284 g/mol. The normalized spacial score (nSPS) is 11.5. The third-order valence-corrected chi connectivity index (χ3v) is 3.34. The van der Waals surface area contributed by atoms with Crippen molar-refractivity contribution in [2.45, 2.75) is 39.7 Å². The van der Waals surface area contributed by atoms with Crippen LogP contribution in [0.2, 0.25) is 0 Å². The zero-order chi connectivity index (χ0) is 15.5. The Labute approximate surface area is 127 Å². The molecule has 1 heterocycles. The highest BCUT2D eigenvalue weighted by molar-refractivity contribution is 5.43. The van der Waals surface area contributed by atoms with Gasteiger partial charge in [-0.05, 0) is 42.6 Å². The average molecular weight is 284 g/mol. The van der Waals surface area contributed by atoms with Gasteiger partial charge in [0.2, 0.25) is 5.88 Å². The number of hydrogen-bond donors (Lipinski definition) is 1. The van der Waals surface area contributed by atoms with Gasteiger partial charge in [0.05, 0.1) is 0 Å². The molecule has 21 heavy (non-hydrogen) atoms. The second-order valence-electron chi connectivity index (χ2n) is 6.38. The van der Waals surface area contributed by atoms with E-state index >= 15 is 0 Å². The molecule has 112 valence electrons. The Kier molecular flexibility index (Phi) is 4.63. The van der Waals surface area contributed by atoms with Gasteiger partial charge in [-0.2, -0.15) is 0 Å². The number of rotatable bonds is 4. The van der Waals surface area contributed by atoms with Crippen molar-refractivity contribution in [3.8, 4) is 11.6 Å². The van der Waals surface area contributed by atoms with E-state index in [1.165, 1.54) is 11.1 Å². The molecule has 3 heteroatoms. The van der Waals surface area contributed by atoms with E-state index in [0.29, 0.717) is 5.88 Å². The summed E-state index contributed by atoms with van der Waals surface area (Å²) in [4.78, 5) is 4.32. The molecule has 0 bridgehead atoms. The van der Waals surface area contributed by atoms with E-state index in [-0.39, 0.29) is 5.41 Å². The van der Waals surface area contributed by atoms with Crippen LogP contribution >= 0.6 is 0 Å². The SMILES string of the molecule is CNCc1ccnc(Oc2cc(C)ccc2C(C)(C)C)c1. The molecule has 0 saturated carbocycles. The lowest BCUT2D eigenvalue weighted by atomic mass is 9.86. The van der Waals surface area contributed by atoms with Gasteiger partial charge >= 0.3 is 0 Å². The Morgan fingerprint density at radius 1 is 1.14 bits per heavy atom. The molecule has 2 aromatic rings. The third-order valence-electron chi connectivity index (χ3n) is 3.34. The Bertz CT molecular complexity index is 615. The molecular formula is C18H24N2O. The Balaban J connectivity index is 2.34. The highest BCUT2D eigenvalue weighted by Crippen LogP contribution is 2.34. The summed E-state index contributed by atoms with van der Waals surface area (Å²) in [5.74, 6) is 1.52. The number of ether oxygens (including phenoxy) is 1. The molecule has 3 nitrogen and oxygen atoms in total. The lowest BCUT2D eigenvalue weighted by molar-refractivity contribution is 0.438. The van der Waals surface area contributed by atoms with Gasteiger partial charge in [-0.1, -0.05) is 32.9 Å². The van der Waals surface area contributed by atoms with Crippen molar-refractivity contribution < 1.29 is 4.74 Å². The number of pyridine rings is 1. The van der Waals surface area contributed by atoms with Crippen LogP contribution < -0.4 is 10.1 Å². The van der Waals surface area contributed by atoms with Crippen LogP contribution in [0, 0.1) is 6.92 Å². The fourth-order valence-electron chi connectivity index (χ4n) is 2.27. The smallest absolute Gasteiger partial charge is 0.219 e. The number of nitrogens with zero attached hydrogens (tertiary/aromatic N) is 1. The third kappa shape index (κ3) is 4.05. The molecule has 1 aromatic carbocycles. The van der Waals surface area contributed by atoms with Gasteiger partial charge in [-0.3, -0.25) is 0 Å². The van der Waals surface area contributed by atoms with Crippen LogP contribution in [-0.4, -0.2) is 12.0 Å². The summed E-state index contributed by atoms with van der Waals surface area (Å²) in [6.45, 7) is 9.45. The molecule has 0 aliphatic heterocycles. The van der Waals surface area contributed by atoms with Crippen molar-refractivity contribution in [1.29, 1.82) is 0 Å².